The van der Waals surface area contributed by atoms with Gasteiger partial charge >= 0.3 is 5.97 Å². The summed E-state index contributed by atoms with van der Waals surface area (Å²) in [5, 5.41) is 9.57. The lowest BCUT2D eigenvalue weighted by atomic mass is 10.3. The fourth-order valence-corrected chi connectivity index (χ4v) is 4.83. The molecule has 1 aromatic rings. The average Bonchev–Trinajstić information content (AvgIpc) is 2.26. The monoisotopic (exact) mass is 256 g/mol. The molecule has 4 heteroatoms. The predicted molar refractivity (Wildman–Crippen MR) is 71.4 cm³/mol. The van der Waals surface area contributed by atoms with Crippen molar-refractivity contribution in [3.05, 3.63) is 24.3 Å². The van der Waals surface area contributed by atoms with Gasteiger partial charge < -0.3 is 9.29 Å². The molecule has 96 valence electrons. The average molecular weight is 256 g/mol. The number of carbonyl (C=O) groups is 1. The Morgan fingerprint density at radius 1 is 1.35 bits per heavy atom. The van der Waals surface area contributed by atoms with Gasteiger partial charge in [0.2, 0.25) is 0 Å². The molecule has 0 aliphatic rings. The van der Waals surface area contributed by atoms with Crippen molar-refractivity contribution in [2.24, 2.45) is 0 Å². The highest BCUT2D eigenvalue weighted by Crippen LogP contribution is 2.60. The Bertz CT molecular complexity index is 386. The highest BCUT2D eigenvalue weighted by Gasteiger charge is 2.31. The number of carbonyl (C=O) groups excluding carboxylic acids is 1. The lowest BCUT2D eigenvalue weighted by molar-refractivity contribution is -0.131. The summed E-state index contributed by atoms with van der Waals surface area (Å²) in [6.45, 7) is 7.61. The first kappa shape index (κ1) is 13.9. The Balaban J connectivity index is 3.21. The minimum atomic E-state index is -1.61. The molecular formula is C13H20O3S. The number of hydrogen-bond donors (Lipinski definition) is 1. The van der Waals surface area contributed by atoms with E-state index in [1.165, 1.54) is 6.92 Å². The maximum atomic E-state index is 11.3. The first-order valence-electron chi connectivity index (χ1n) is 5.71. The van der Waals surface area contributed by atoms with Crippen LogP contribution in [0.5, 0.6) is 5.75 Å². The van der Waals surface area contributed by atoms with Crippen LogP contribution in [-0.4, -0.2) is 22.1 Å². The molecule has 0 amide bonds. The SMILES string of the molecule is CCS(OC(C)=O)(c1ccc(O)cc1)C(C)C. The zero-order valence-electron chi connectivity index (χ0n) is 10.8. The number of phenols is 1. The van der Waals surface area contributed by atoms with Gasteiger partial charge in [-0.3, -0.25) is 4.79 Å². The lowest BCUT2D eigenvalue weighted by Crippen LogP contribution is -2.20. The van der Waals surface area contributed by atoms with E-state index in [2.05, 4.69) is 13.8 Å². The summed E-state index contributed by atoms with van der Waals surface area (Å²) in [7, 11) is -1.61. The van der Waals surface area contributed by atoms with Crippen molar-refractivity contribution in [3.8, 4) is 5.75 Å². The molecule has 0 aromatic heterocycles. The van der Waals surface area contributed by atoms with Gasteiger partial charge in [0.1, 0.15) is 5.75 Å². The molecule has 0 saturated carbocycles. The molecule has 1 aromatic carbocycles. The molecule has 0 radical (unpaired) electrons. The third kappa shape index (κ3) is 2.94. The largest absolute Gasteiger partial charge is 0.508 e. The van der Waals surface area contributed by atoms with Crippen molar-refractivity contribution >= 4 is 16.3 Å². The van der Waals surface area contributed by atoms with Crippen LogP contribution in [0.2, 0.25) is 0 Å². The minimum absolute atomic E-state index is 0.227. The van der Waals surface area contributed by atoms with Gasteiger partial charge in [0.05, 0.1) is 0 Å². The van der Waals surface area contributed by atoms with E-state index in [-0.39, 0.29) is 17.0 Å². The summed E-state index contributed by atoms with van der Waals surface area (Å²) in [4.78, 5) is 12.3. The van der Waals surface area contributed by atoms with Gasteiger partial charge in [-0.1, -0.05) is 31.1 Å². The molecule has 0 heterocycles. The van der Waals surface area contributed by atoms with Crippen LogP contribution in [0.3, 0.4) is 0 Å². The Morgan fingerprint density at radius 3 is 2.24 bits per heavy atom. The summed E-state index contributed by atoms with van der Waals surface area (Å²) >= 11 is 0. The smallest absolute Gasteiger partial charge is 0.313 e. The second-order valence-corrected chi connectivity index (χ2v) is 7.74. The van der Waals surface area contributed by atoms with E-state index in [1.54, 1.807) is 12.1 Å². The van der Waals surface area contributed by atoms with Gasteiger partial charge in [0.15, 0.2) is 0 Å². The summed E-state index contributed by atoms with van der Waals surface area (Å²) in [5.41, 5.74) is 0. The fourth-order valence-electron chi connectivity index (χ4n) is 1.86. The molecule has 0 saturated heterocycles. The normalized spacial score (nSPS) is 16.3. The van der Waals surface area contributed by atoms with Crippen LogP contribution in [0, 0.1) is 0 Å². The van der Waals surface area contributed by atoms with Gasteiger partial charge in [-0.25, -0.2) is 0 Å². The summed E-state index contributed by atoms with van der Waals surface area (Å²) in [6.07, 6.45) is 0. The van der Waals surface area contributed by atoms with Crippen molar-refractivity contribution in [2.75, 3.05) is 5.75 Å². The van der Waals surface area contributed by atoms with Gasteiger partial charge in [-0.15, -0.1) is 0 Å². The zero-order chi connectivity index (χ0) is 13.1. The van der Waals surface area contributed by atoms with E-state index in [9.17, 15) is 9.90 Å². The second-order valence-electron chi connectivity index (χ2n) is 4.13. The van der Waals surface area contributed by atoms with E-state index in [0.29, 0.717) is 0 Å². The van der Waals surface area contributed by atoms with E-state index in [0.717, 1.165) is 10.6 Å². The molecule has 1 atom stereocenters. The Morgan fingerprint density at radius 2 is 1.88 bits per heavy atom. The minimum Gasteiger partial charge on any atom is -0.508 e. The number of aromatic hydroxyl groups is 1. The van der Waals surface area contributed by atoms with E-state index in [4.69, 9.17) is 4.18 Å². The van der Waals surface area contributed by atoms with Crippen LogP contribution < -0.4 is 0 Å². The number of benzene rings is 1. The number of hydrogen-bond acceptors (Lipinski definition) is 3. The Labute approximate surface area is 104 Å². The molecule has 1 rings (SSSR count). The molecule has 0 spiro atoms. The zero-order valence-corrected chi connectivity index (χ0v) is 11.6. The molecule has 1 N–H and O–H groups in total. The highest BCUT2D eigenvalue weighted by atomic mass is 32.3. The molecule has 1 unspecified atom stereocenters. The molecule has 3 nitrogen and oxygen atoms in total. The first-order valence-corrected chi connectivity index (χ1v) is 7.50. The molecule has 0 aliphatic heterocycles. The van der Waals surface area contributed by atoms with E-state index >= 15 is 0 Å². The maximum Gasteiger partial charge on any atom is 0.313 e. The van der Waals surface area contributed by atoms with E-state index in [1.807, 2.05) is 19.1 Å². The quantitative estimate of drug-likeness (QED) is 0.897. The summed E-state index contributed by atoms with van der Waals surface area (Å²) in [6, 6.07) is 6.96. The van der Waals surface area contributed by atoms with Crippen LogP contribution in [0.4, 0.5) is 0 Å². The fraction of sp³-hybridized carbons (Fsp3) is 0.462. The van der Waals surface area contributed by atoms with Gasteiger partial charge in [0, 0.05) is 22.8 Å². The second kappa shape index (κ2) is 5.45. The van der Waals surface area contributed by atoms with Crippen molar-refractivity contribution in [1.82, 2.24) is 0 Å². The van der Waals surface area contributed by atoms with Crippen LogP contribution >= 0.6 is 10.3 Å². The molecule has 0 fully saturated rings. The van der Waals surface area contributed by atoms with Crippen LogP contribution in [0.1, 0.15) is 27.7 Å². The van der Waals surface area contributed by atoms with Crippen LogP contribution in [0.15, 0.2) is 29.2 Å². The van der Waals surface area contributed by atoms with Gasteiger partial charge in [-0.2, -0.15) is 0 Å². The van der Waals surface area contributed by atoms with Crippen LogP contribution in [0.25, 0.3) is 0 Å². The van der Waals surface area contributed by atoms with Gasteiger partial charge in [-0.05, 0) is 24.3 Å². The number of phenolic OH excluding ortho intramolecular Hbond substituents is 1. The summed E-state index contributed by atoms with van der Waals surface area (Å²) in [5.74, 6) is 0.767. The third-order valence-electron chi connectivity index (χ3n) is 2.69. The lowest BCUT2D eigenvalue weighted by Gasteiger charge is -2.41. The van der Waals surface area contributed by atoms with Gasteiger partial charge in [0.25, 0.3) is 0 Å². The topological polar surface area (TPSA) is 46.5 Å². The van der Waals surface area contributed by atoms with E-state index < -0.39 is 10.3 Å². The van der Waals surface area contributed by atoms with Crippen molar-refractivity contribution in [2.45, 2.75) is 37.8 Å². The van der Waals surface area contributed by atoms with Crippen LogP contribution in [-0.2, 0) is 8.98 Å². The predicted octanol–water partition coefficient (Wildman–Crippen LogP) is 3.46. The first-order chi connectivity index (χ1) is 7.92. The third-order valence-corrected chi connectivity index (χ3v) is 6.68. The number of rotatable bonds is 4. The molecule has 17 heavy (non-hydrogen) atoms. The Kier molecular flexibility index (Phi) is 4.46. The van der Waals surface area contributed by atoms with Crippen molar-refractivity contribution in [1.29, 1.82) is 0 Å². The molecule has 0 aliphatic carbocycles. The maximum absolute atomic E-state index is 11.3. The standard InChI is InChI=1S/C13H20O3S/c1-5-17(10(2)3,16-11(4)14)13-8-6-12(15)7-9-13/h6-10,15H,5H2,1-4H3. The van der Waals surface area contributed by atoms with Crippen molar-refractivity contribution in [3.63, 3.8) is 0 Å². The highest BCUT2D eigenvalue weighted by molar-refractivity contribution is 8.30. The summed E-state index contributed by atoms with van der Waals surface area (Å²) < 4.78 is 5.64. The van der Waals surface area contributed by atoms with Crippen molar-refractivity contribution < 1.29 is 14.1 Å². The molecular weight excluding hydrogens is 236 g/mol. The molecule has 0 bridgehead atoms. The Hall–Kier alpha value is -1.16.